The van der Waals surface area contributed by atoms with Crippen molar-refractivity contribution in [2.45, 2.75) is 18.3 Å². The molecule has 0 radical (unpaired) electrons. The van der Waals surface area contributed by atoms with Crippen molar-refractivity contribution in [1.82, 2.24) is 30.1 Å². The molecule has 2 aromatic heterocycles. The SMILES string of the molecule is CN1C(C(=O)NCc2ncccc2F)=CSC1[C@H]1[C@@H]2CN(CCc3nc4ccccc4[nH]3)C[C@@H]21. The maximum atomic E-state index is 13.8. The fourth-order valence-electron chi connectivity index (χ4n) is 5.46. The van der Waals surface area contributed by atoms with E-state index in [-0.39, 0.29) is 18.1 Å². The number of halogens is 1. The van der Waals surface area contributed by atoms with Crippen molar-refractivity contribution in [3.05, 3.63) is 71.0 Å². The molecule has 9 heteroatoms. The Morgan fingerprint density at radius 2 is 2.06 bits per heavy atom. The number of likely N-dealkylation sites (N-methyl/N-ethyl adjacent to an activating group) is 1. The molecule has 2 N–H and O–H groups in total. The third-order valence-electron chi connectivity index (χ3n) is 7.33. The number of nitrogens with one attached hydrogen (secondary N) is 2. The van der Waals surface area contributed by atoms with Crippen LogP contribution in [0.3, 0.4) is 0 Å². The lowest BCUT2D eigenvalue weighted by molar-refractivity contribution is -0.119. The summed E-state index contributed by atoms with van der Waals surface area (Å²) >= 11 is 1.73. The number of hydrogen-bond acceptors (Lipinski definition) is 6. The number of carbonyl (C=O) groups is 1. The van der Waals surface area contributed by atoms with Crippen molar-refractivity contribution in [2.75, 3.05) is 26.7 Å². The fraction of sp³-hybridized carbons (Fsp3) is 0.400. The predicted molar refractivity (Wildman–Crippen MR) is 130 cm³/mol. The van der Waals surface area contributed by atoms with Crippen molar-refractivity contribution in [2.24, 2.45) is 17.8 Å². The van der Waals surface area contributed by atoms with Crippen LogP contribution in [0.15, 0.2) is 53.7 Å². The Balaban J connectivity index is 0.981. The fourth-order valence-corrected chi connectivity index (χ4v) is 6.89. The van der Waals surface area contributed by atoms with Gasteiger partial charge in [-0.05, 0) is 42.0 Å². The number of para-hydroxylation sites is 2. The Morgan fingerprint density at radius 3 is 2.85 bits per heavy atom. The van der Waals surface area contributed by atoms with Gasteiger partial charge in [0.25, 0.3) is 5.91 Å². The summed E-state index contributed by atoms with van der Waals surface area (Å²) in [6.45, 7) is 3.33. The van der Waals surface area contributed by atoms with Gasteiger partial charge in [-0.3, -0.25) is 9.78 Å². The lowest BCUT2D eigenvalue weighted by Crippen LogP contribution is -2.37. The zero-order valence-corrected chi connectivity index (χ0v) is 19.8. The Kier molecular flexibility index (Phi) is 5.53. The first kappa shape index (κ1) is 21.6. The van der Waals surface area contributed by atoms with E-state index in [0.717, 1.165) is 42.9 Å². The van der Waals surface area contributed by atoms with Crippen LogP contribution in [0.2, 0.25) is 0 Å². The number of carbonyl (C=O) groups excluding carboxylic acids is 1. The molecule has 3 aromatic rings. The number of H-pyrrole nitrogens is 1. The molecule has 34 heavy (non-hydrogen) atoms. The van der Waals surface area contributed by atoms with E-state index < -0.39 is 5.82 Å². The molecule has 1 unspecified atom stereocenters. The van der Waals surface area contributed by atoms with Crippen LogP contribution in [0.1, 0.15) is 11.5 Å². The van der Waals surface area contributed by atoms with Gasteiger partial charge in [0.1, 0.15) is 17.3 Å². The monoisotopic (exact) mass is 478 g/mol. The summed E-state index contributed by atoms with van der Waals surface area (Å²) in [5.74, 6) is 2.45. The molecule has 0 bridgehead atoms. The minimum absolute atomic E-state index is 0.0842. The third kappa shape index (κ3) is 3.96. The zero-order chi connectivity index (χ0) is 23.2. The van der Waals surface area contributed by atoms with Gasteiger partial charge in [0.15, 0.2) is 0 Å². The van der Waals surface area contributed by atoms with Crippen molar-refractivity contribution < 1.29 is 9.18 Å². The van der Waals surface area contributed by atoms with Gasteiger partial charge in [0.05, 0.1) is 28.6 Å². The molecule has 1 aromatic carbocycles. The molecule has 3 aliphatic rings. The van der Waals surface area contributed by atoms with E-state index in [1.54, 1.807) is 17.8 Å². The van der Waals surface area contributed by atoms with Crippen LogP contribution >= 0.6 is 11.8 Å². The minimum atomic E-state index is -0.403. The van der Waals surface area contributed by atoms with Crippen LogP contribution in [-0.4, -0.2) is 62.7 Å². The van der Waals surface area contributed by atoms with Crippen molar-refractivity contribution >= 4 is 28.7 Å². The molecule has 176 valence electrons. The van der Waals surface area contributed by atoms with Gasteiger partial charge in [-0.15, -0.1) is 11.8 Å². The maximum absolute atomic E-state index is 13.8. The summed E-state index contributed by atoms with van der Waals surface area (Å²) in [4.78, 5) is 29.5. The molecular weight excluding hydrogens is 451 g/mol. The molecular formula is C25H27FN6OS. The van der Waals surface area contributed by atoms with Gasteiger partial charge in [-0.2, -0.15) is 0 Å². The molecule has 4 atom stereocenters. The first-order chi connectivity index (χ1) is 16.6. The Labute approximate surface area is 201 Å². The number of pyridine rings is 1. The number of rotatable bonds is 7. The highest BCUT2D eigenvalue weighted by molar-refractivity contribution is 8.03. The number of amides is 1. The van der Waals surface area contributed by atoms with E-state index in [2.05, 4.69) is 31.2 Å². The molecule has 2 fully saturated rings. The van der Waals surface area contributed by atoms with Gasteiger partial charge < -0.3 is 20.1 Å². The number of thioether (sulfide) groups is 1. The largest absolute Gasteiger partial charge is 0.357 e. The molecule has 1 aliphatic carbocycles. The lowest BCUT2D eigenvalue weighted by Gasteiger charge is -2.27. The van der Waals surface area contributed by atoms with Crippen molar-refractivity contribution in [1.29, 1.82) is 0 Å². The Morgan fingerprint density at radius 1 is 1.24 bits per heavy atom. The van der Waals surface area contributed by atoms with Crippen LogP contribution in [0.5, 0.6) is 0 Å². The second-order valence-corrected chi connectivity index (χ2v) is 10.4. The number of nitrogens with zero attached hydrogens (tertiary/aromatic N) is 4. The number of imidazole rings is 1. The molecule has 4 heterocycles. The average Bonchev–Trinajstić information content (AvgIpc) is 3.23. The Bertz CT molecular complexity index is 1220. The summed E-state index contributed by atoms with van der Waals surface area (Å²) in [7, 11) is 1.99. The zero-order valence-electron chi connectivity index (χ0n) is 18.9. The quantitative estimate of drug-likeness (QED) is 0.544. The van der Waals surface area contributed by atoms with Crippen LogP contribution < -0.4 is 5.32 Å². The summed E-state index contributed by atoms with van der Waals surface area (Å²) in [5, 5.41) is 5.05. The number of piperidine rings is 1. The van der Waals surface area contributed by atoms with Gasteiger partial charge in [-0.1, -0.05) is 12.1 Å². The van der Waals surface area contributed by atoms with Crippen LogP contribution in [0.25, 0.3) is 11.0 Å². The van der Waals surface area contributed by atoms with Gasteiger partial charge in [0.2, 0.25) is 0 Å². The molecule has 7 nitrogen and oxygen atoms in total. The molecule has 2 aliphatic heterocycles. The summed E-state index contributed by atoms with van der Waals surface area (Å²) in [6, 6.07) is 11.1. The summed E-state index contributed by atoms with van der Waals surface area (Å²) in [5.41, 5.74) is 3.03. The van der Waals surface area contributed by atoms with Crippen LogP contribution in [-0.2, 0) is 17.8 Å². The number of hydrogen-bond donors (Lipinski definition) is 2. The van der Waals surface area contributed by atoms with Gasteiger partial charge in [-0.25, -0.2) is 9.37 Å². The topological polar surface area (TPSA) is 77.2 Å². The van der Waals surface area contributed by atoms with E-state index in [4.69, 9.17) is 4.98 Å². The maximum Gasteiger partial charge on any atom is 0.268 e. The van der Waals surface area contributed by atoms with E-state index >= 15 is 0 Å². The van der Waals surface area contributed by atoms with E-state index in [0.29, 0.717) is 28.8 Å². The van der Waals surface area contributed by atoms with Gasteiger partial charge in [0, 0.05) is 44.7 Å². The number of aromatic nitrogens is 3. The van der Waals surface area contributed by atoms with E-state index in [1.807, 2.05) is 30.7 Å². The Hall–Kier alpha value is -2.91. The number of fused-ring (bicyclic) bond motifs is 2. The van der Waals surface area contributed by atoms with E-state index in [9.17, 15) is 9.18 Å². The second kappa shape index (κ2) is 8.70. The molecule has 1 amide bonds. The molecule has 6 rings (SSSR count). The lowest BCUT2D eigenvalue weighted by atomic mass is 10.2. The van der Waals surface area contributed by atoms with Gasteiger partial charge >= 0.3 is 0 Å². The van der Waals surface area contributed by atoms with E-state index in [1.165, 1.54) is 12.3 Å². The summed E-state index contributed by atoms with van der Waals surface area (Å²) in [6.07, 6.45) is 2.46. The third-order valence-corrected chi connectivity index (χ3v) is 8.60. The molecule has 1 saturated heterocycles. The molecule has 1 saturated carbocycles. The highest BCUT2D eigenvalue weighted by Crippen LogP contribution is 2.58. The highest BCUT2D eigenvalue weighted by Gasteiger charge is 2.60. The van der Waals surface area contributed by atoms with Crippen LogP contribution in [0.4, 0.5) is 4.39 Å². The number of aromatic amines is 1. The first-order valence-corrected chi connectivity index (χ1v) is 12.6. The standard InChI is InChI=1S/C25H27FN6OS/c1-31-21(24(33)28-11-20-17(26)5-4-9-27-20)14-34-25(31)23-15-12-32(13-16(15)23)10-8-22-29-18-6-2-3-7-19(18)30-22/h2-7,9,14-16,23,25H,8,10-13H2,1H3,(H,28,33)(H,29,30)/t15-,16+,23+,25?. The highest BCUT2D eigenvalue weighted by atomic mass is 32.2. The smallest absolute Gasteiger partial charge is 0.268 e. The average molecular weight is 479 g/mol. The minimum Gasteiger partial charge on any atom is -0.357 e. The summed E-state index contributed by atoms with van der Waals surface area (Å²) < 4.78 is 13.8. The normalized spacial score (nSPS) is 26.1. The number of benzene rings is 1. The van der Waals surface area contributed by atoms with Crippen LogP contribution in [0, 0.1) is 23.6 Å². The molecule has 0 spiro atoms. The predicted octanol–water partition coefficient (Wildman–Crippen LogP) is 2.98. The second-order valence-electron chi connectivity index (χ2n) is 9.37. The van der Waals surface area contributed by atoms with Crippen molar-refractivity contribution in [3.63, 3.8) is 0 Å². The first-order valence-electron chi connectivity index (χ1n) is 11.7. The van der Waals surface area contributed by atoms with Crippen molar-refractivity contribution in [3.8, 4) is 0 Å². The number of likely N-dealkylation sites (tertiary alicyclic amines) is 1.